The first-order chi connectivity index (χ1) is 8.40. The highest BCUT2D eigenvalue weighted by Crippen LogP contribution is 2.41. The molecule has 100 valence electrons. The predicted molar refractivity (Wildman–Crippen MR) is 70.1 cm³/mol. The Bertz CT molecular complexity index is 404. The van der Waals surface area contributed by atoms with Crippen LogP contribution in [0.5, 0.6) is 0 Å². The van der Waals surface area contributed by atoms with Crippen LogP contribution in [0.15, 0.2) is 23.3 Å². The van der Waals surface area contributed by atoms with Crippen LogP contribution in [0.3, 0.4) is 0 Å². The quantitative estimate of drug-likeness (QED) is 0.604. The minimum atomic E-state index is -0.380. The number of aliphatic hydroxyl groups is 1. The van der Waals surface area contributed by atoms with Gasteiger partial charge in [0.15, 0.2) is 5.78 Å². The molecular formula is C15H22O3. The van der Waals surface area contributed by atoms with Crippen molar-refractivity contribution in [3.8, 4) is 0 Å². The molecule has 5 unspecified atom stereocenters. The van der Waals surface area contributed by atoms with Gasteiger partial charge in [-0.15, -0.1) is 0 Å². The molecule has 0 aromatic rings. The lowest BCUT2D eigenvalue weighted by Crippen LogP contribution is -2.30. The van der Waals surface area contributed by atoms with Gasteiger partial charge < -0.3 is 9.84 Å². The van der Waals surface area contributed by atoms with Gasteiger partial charge in [-0.2, -0.15) is 0 Å². The lowest BCUT2D eigenvalue weighted by atomic mass is 9.78. The molecule has 1 aliphatic carbocycles. The van der Waals surface area contributed by atoms with Gasteiger partial charge in [0.2, 0.25) is 0 Å². The highest BCUT2D eigenvalue weighted by atomic mass is 16.5. The molecule has 1 N–H and O–H groups in total. The molecule has 0 amide bonds. The number of allylic oxidation sites excluding steroid dienone is 1. The Kier molecular flexibility index (Phi) is 3.74. The largest absolute Gasteiger partial charge is 0.389 e. The molecule has 1 aliphatic heterocycles. The van der Waals surface area contributed by atoms with Crippen molar-refractivity contribution in [3.63, 3.8) is 0 Å². The van der Waals surface area contributed by atoms with Crippen LogP contribution in [0.25, 0.3) is 0 Å². The van der Waals surface area contributed by atoms with Crippen LogP contribution >= 0.6 is 0 Å². The monoisotopic (exact) mass is 250 g/mol. The van der Waals surface area contributed by atoms with Crippen molar-refractivity contribution >= 4 is 5.78 Å². The molecule has 18 heavy (non-hydrogen) atoms. The summed E-state index contributed by atoms with van der Waals surface area (Å²) in [7, 11) is 0. The summed E-state index contributed by atoms with van der Waals surface area (Å²) in [5.41, 5.74) is 1.95. The van der Waals surface area contributed by atoms with Crippen molar-refractivity contribution in [1.29, 1.82) is 0 Å². The van der Waals surface area contributed by atoms with E-state index in [-0.39, 0.29) is 35.9 Å². The third-order valence-corrected chi connectivity index (χ3v) is 4.04. The topological polar surface area (TPSA) is 46.5 Å². The number of ether oxygens (including phenoxy) is 1. The Balaban J connectivity index is 2.16. The SMILES string of the molecule is CC(C)=CC(=O)C1OC2C=C(C)C(O)CC2C1C. The smallest absolute Gasteiger partial charge is 0.184 e. The number of fused-ring (bicyclic) bond motifs is 1. The van der Waals surface area contributed by atoms with E-state index in [1.807, 2.05) is 33.8 Å². The predicted octanol–water partition coefficient (Wildman–Crippen LogP) is 2.25. The van der Waals surface area contributed by atoms with Crippen LogP contribution in [-0.2, 0) is 9.53 Å². The lowest BCUT2D eigenvalue weighted by Gasteiger charge is -2.27. The second-order valence-corrected chi connectivity index (χ2v) is 5.83. The second kappa shape index (κ2) is 4.98. The summed E-state index contributed by atoms with van der Waals surface area (Å²) in [6, 6.07) is 0. The van der Waals surface area contributed by atoms with E-state index >= 15 is 0 Å². The minimum absolute atomic E-state index is 0.0112. The molecule has 0 spiro atoms. The van der Waals surface area contributed by atoms with Crippen LogP contribution < -0.4 is 0 Å². The zero-order valence-corrected chi connectivity index (χ0v) is 11.5. The Morgan fingerprint density at radius 3 is 2.78 bits per heavy atom. The van der Waals surface area contributed by atoms with E-state index in [0.717, 1.165) is 11.1 Å². The highest BCUT2D eigenvalue weighted by molar-refractivity contribution is 5.94. The number of carbonyl (C=O) groups is 1. The summed E-state index contributed by atoms with van der Waals surface area (Å²) in [4.78, 5) is 12.1. The van der Waals surface area contributed by atoms with Gasteiger partial charge in [-0.05, 0) is 50.7 Å². The summed E-state index contributed by atoms with van der Waals surface area (Å²) in [5, 5.41) is 9.89. The van der Waals surface area contributed by atoms with Gasteiger partial charge in [0.05, 0.1) is 12.2 Å². The fourth-order valence-corrected chi connectivity index (χ4v) is 2.94. The molecule has 0 radical (unpaired) electrons. The number of rotatable bonds is 2. The molecule has 1 fully saturated rings. The maximum absolute atomic E-state index is 12.1. The summed E-state index contributed by atoms with van der Waals surface area (Å²) < 4.78 is 5.88. The molecule has 5 atom stereocenters. The van der Waals surface area contributed by atoms with E-state index in [1.54, 1.807) is 6.08 Å². The van der Waals surface area contributed by atoms with E-state index in [4.69, 9.17) is 4.74 Å². The molecule has 3 nitrogen and oxygen atoms in total. The molecule has 0 aromatic heterocycles. The molecule has 0 aromatic carbocycles. The van der Waals surface area contributed by atoms with Crippen molar-refractivity contribution in [2.45, 2.75) is 52.4 Å². The Hall–Kier alpha value is -0.930. The van der Waals surface area contributed by atoms with Gasteiger partial charge in [0.25, 0.3) is 0 Å². The van der Waals surface area contributed by atoms with E-state index in [9.17, 15) is 9.90 Å². The molecule has 0 saturated carbocycles. The first-order valence-corrected chi connectivity index (χ1v) is 6.60. The van der Waals surface area contributed by atoms with Crippen molar-refractivity contribution < 1.29 is 14.6 Å². The molecule has 2 aliphatic rings. The average molecular weight is 250 g/mol. The molecule has 1 heterocycles. The average Bonchev–Trinajstić information content (AvgIpc) is 2.56. The summed E-state index contributed by atoms with van der Waals surface area (Å²) in [6.07, 6.45) is 3.59. The summed E-state index contributed by atoms with van der Waals surface area (Å²) in [5.74, 6) is 0.470. The molecule has 2 rings (SSSR count). The van der Waals surface area contributed by atoms with Gasteiger partial charge in [-0.3, -0.25) is 4.79 Å². The third kappa shape index (κ3) is 2.43. The fraction of sp³-hybridized carbons (Fsp3) is 0.667. The van der Waals surface area contributed by atoms with E-state index in [2.05, 4.69) is 0 Å². The first kappa shape index (κ1) is 13.5. The first-order valence-electron chi connectivity index (χ1n) is 6.60. The zero-order chi connectivity index (χ0) is 13.4. The Labute approximate surface area is 109 Å². The number of ketones is 1. The van der Waals surface area contributed by atoms with Gasteiger partial charge >= 0.3 is 0 Å². The van der Waals surface area contributed by atoms with Gasteiger partial charge in [-0.25, -0.2) is 0 Å². The maximum atomic E-state index is 12.1. The lowest BCUT2D eigenvalue weighted by molar-refractivity contribution is -0.125. The van der Waals surface area contributed by atoms with Crippen LogP contribution in [0, 0.1) is 11.8 Å². The fourth-order valence-electron chi connectivity index (χ4n) is 2.94. The van der Waals surface area contributed by atoms with Gasteiger partial charge in [0, 0.05) is 0 Å². The number of carbonyl (C=O) groups excluding carboxylic acids is 1. The summed E-state index contributed by atoms with van der Waals surface area (Å²) in [6.45, 7) is 7.80. The van der Waals surface area contributed by atoms with Crippen molar-refractivity contribution in [2.24, 2.45) is 11.8 Å². The van der Waals surface area contributed by atoms with Crippen molar-refractivity contribution in [3.05, 3.63) is 23.3 Å². The maximum Gasteiger partial charge on any atom is 0.184 e. The number of hydrogen-bond donors (Lipinski definition) is 1. The van der Waals surface area contributed by atoms with E-state index < -0.39 is 0 Å². The van der Waals surface area contributed by atoms with Crippen LogP contribution in [0.1, 0.15) is 34.1 Å². The van der Waals surface area contributed by atoms with Gasteiger partial charge in [-0.1, -0.05) is 18.6 Å². The van der Waals surface area contributed by atoms with Crippen molar-refractivity contribution in [1.82, 2.24) is 0 Å². The third-order valence-electron chi connectivity index (χ3n) is 4.04. The van der Waals surface area contributed by atoms with Crippen molar-refractivity contribution in [2.75, 3.05) is 0 Å². The van der Waals surface area contributed by atoms with Crippen LogP contribution in [0.4, 0.5) is 0 Å². The molecule has 0 bridgehead atoms. The standard InChI is InChI=1S/C15H22O3/c1-8(2)5-13(17)15-10(4)11-7-12(16)9(3)6-14(11)18-15/h5-6,10-12,14-16H,7H2,1-4H3. The van der Waals surface area contributed by atoms with Crippen LogP contribution in [0.2, 0.25) is 0 Å². The number of hydrogen-bond acceptors (Lipinski definition) is 3. The highest BCUT2D eigenvalue weighted by Gasteiger charge is 2.46. The zero-order valence-electron chi connectivity index (χ0n) is 11.5. The summed E-state index contributed by atoms with van der Waals surface area (Å²) >= 11 is 0. The Morgan fingerprint density at radius 1 is 1.50 bits per heavy atom. The number of aliphatic hydroxyl groups excluding tert-OH is 1. The Morgan fingerprint density at radius 2 is 2.17 bits per heavy atom. The minimum Gasteiger partial charge on any atom is -0.389 e. The molecule has 1 saturated heterocycles. The van der Waals surface area contributed by atoms with E-state index in [1.165, 1.54) is 0 Å². The second-order valence-electron chi connectivity index (χ2n) is 5.83. The molecular weight excluding hydrogens is 228 g/mol. The van der Waals surface area contributed by atoms with Crippen LogP contribution in [-0.4, -0.2) is 29.2 Å². The van der Waals surface area contributed by atoms with E-state index in [0.29, 0.717) is 6.42 Å². The van der Waals surface area contributed by atoms with Gasteiger partial charge in [0.1, 0.15) is 6.10 Å². The normalized spacial score (nSPS) is 38.9. The molecule has 3 heteroatoms.